The molecule has 0 amide bonds. The summed E-state index contributed by atoms with van der Waals surface area (Å²) in [5.74, 6) is 1.91. The molecule has 8 nitrogen and oxygen atoms in total. The molecule has 2 fully saturated rings. The van der Waals surface area contributed by atoms with E-state index in [-0.39, 0.29) is 17.7 Å². The van der Waals surface area contributed by atoms with Crippen LogP contribution >= 0.6 is 15.9 Å². The Morgan fingerprint density at radius 1 is 1.09 bits per heavy atom. The predicted octanol–water partition coefficient (Wildman–Crippen LogP) is 4.54. The number of epoxide rings is 1. The van der Waals surface area contributed by atoms with Crippen LogP contribution in [0.25, 0.3) is 22.9 Å². The number of ether oxygens (including phenoxy) is 1. The Hall–Kier alpha value is -2.75. The Labute approximate surface area is 212 Å². The van der Waals surface area contributed by atoms with E-state index in [0.717, 1.165) is 66.1 Å². The maximum Gasteiger partial charge on any atom is 0.250 e. The normalized spacial score (nSPS) is 27.7. The summed E-state index contributed by atoms with van der Waals surface area (Å²) in [7, 11) is 2.20. The first-order valence-electron chi connectivity index (χ1n) is 12.1. The molecule has 0 N–H and O–H groups in total. The van der Waals surface area contributed by atoms with Crippen molar-refractivity contribution in [2.24, 2.45) is 5.41 Å². The number of rotatable bonds is 0. The van der Waals surface area contributed by atoms with Gasteiger partial charge in [-0.3, -0.25) is 4.90 Å². The van der Waals surface area contributed by atoms with Gasteiger partial charge in [0, 0.05) is 48.6 Å². The molecule has 2 saturated heterocycles. The largest absolute Gasteiger partial charge is 0.416 e. The molecule has 0 aliphatic carbocycles. The average Bonchev–Trinajstić information content (AvgIpc) is 3.44. The fourth-order valence-electron chi connectivity index (χ4n) is 5.63. The molecule has 8 heterocycles. The first-order valence-corrected chi connectivity index (χ1v) is 12.9. The van der Waals surface area contributed by atoms with Crippen molar-refractivity contribution in [3.05, 3.63) is 52.8 Å². The highest BCUT2D eigenvalue weighted by atomic mass is 79.9. The van der Waals surface area contributed by atoms with Crippen LogP contribution in [0.2, 0.25) is 0 Å². The van der Waals surface area contributed by atoms with Crippen molar-refractivity contribution in [1.29, 1.82) is 0 Å². The van der Waals surface area contributed by atoms with E-state index < -0.39 is 0 Å². The predicted molar refractivity (Wildman–Crippen MR) is 137 cm³/mol. The van der Waals surface area contributed by atoms with E-state index in [0.29, 0.717) is 11.8 Å². The molecule has 3 aromatic rings. The lowest BCUT2D eigenvalue weighted by atomic mass is 9.79. The fraction of sp³-hybridized carbons (Fsp3) is 0.423. The van der Waals surface area contributed by atoms with Gasteiger partial charge in [-0.05, 0) is 61.2 Å². The van der Waals surface area contributed by atoms with E-state index in [1.165, 1.54) is 5.57 Å². The second-order valence-corrected chi connectivity index (χ2v) is 11.4. The number of hydrogen-bond acceptors (Lipinski definition) is 8. The molecule has 2 unspecified atom stereocenters. The molecule has 0 radical (unpaired) electrons. The average molecular weight is 535 g/mol. The van der Waals surface area contributed by atoms with Gasteiger partial charge in [0.05, 0.1) is 11.3 Å². The first kappa shape index (κ1) is 21.5. The summed E-state index contributed by atoms with van der Waals surface area (Å²) in [5.41, 5.74) is 4.53. The van der Waals surface area contributed by atoms with Gasteiger partial charge in [0.25, 0.3) is 0 Å². The topological polar surface area (TPSA) is 74.1 Å². The lowest BCUT2D eigenvalue weighted by Gasteiger charge is -2.42. The van der Waals surface area contributed by atoms with Crippen LogP contribution in [0.3, 0.4) is 0 Å². The zero-order chi connectivity index (χ0) is 23.7. The van der Waals surface area contributed by atoms with Gasteiger partial charge in [0.1, 0.15) is 18.1 Å². The minimum Gasteiger partial charge on any atom is -0.416 e. The molecule has 35 heavy (non-hydrogen) atoms. The second kappa shape index (κ2) is 7.88. The number of halogens is 1. The standard InChI is InChI=1S/C26H27BrN6O2/c1-26-6-9-32(10-7-26)20-12-18(27)3-4-19(20)24-30-29-23(35-24)16-5-8-28-21(11-16)33-13-17(14-33)22-25(34-22)31(2)15-26/h3-5,8,11-13,22,25H,6-7,9-10,14-15H2,1-2H3. The van der Waals surface area contributed by atoms with E-state index in [2.05, 4.69) is 78.1 Å². The van der Waals surface area contributed by atoms with Crippen molar-refractivity contribution in [1.82, 2.24) is 20.1 Å². The molecule has 9 heteroatoms. The molecule has 2 aromatic heterocycles. The van der Waals surface area contributed by atoms with E-state index in [9.17, 15) is 0 Å². The molecule has 6 aliphatic heterocycles. The molecule has 2 atom stereocenters. The second-order valence-electron chi connectivity index (χ2n) is 10.5. The monoisotopic (exact) mass is 534 g/mol. The Kier molecular flexibility index (Phi) is 4.84. The third-order valence-electron chi connectivity index (χ3n) is 7.79. The van der Waals surface area contributed by atoms with Gasteiger partial charge in [-0.1, -0.05) is 22.9 Å². The number of pyridine rings is 1. The highest BCUT2D eigenvalue weighted by Crippen LogP contribution is 2.42. The summed E-state index contributed by atoms with van der Waals surface area (Å²) in [4.78, 5) is 11.6. The van der Waals surface area contributed by atoms with Crippen LogP contribution in [0, 0.1) is 5.41 Å². The van der Waals surface area contributed by atoms with E-state index in [1.54, 1.807) is 6.20 Å². The molecule has 8 bridgehead atoms. The van der Waals surface area contributed by atoms with Crippen LogP contribution in [0.4, 0.5) is 11.5 Å². The minimum atomic E-state index is 0.174. The van der Waals surface area contributed by atoms with Gasteiger partial charge >= 0.3 is 0 Å². The molecule has 1 aromatic carbocycles. The molecule has 6 aliphatic rings. The number of hydrogen-bond donors (Lipinski definition) is 0. The number of piperidine rings is 1. The smallest absolute Gasteiger partial charge is 0.250 e. The quantitative estimate of drug-likeness (QED) is 0.389. The first-order chi connectivity index (χ1) is 17.0. The van der Waals surface area contributed by atoms with E-state index in [4.69, 9.17) is 9.15 Å². The number of aromatic nitrogens is 3. The van der Waals surface area contributed by atoms with Gasteiger partial charge in [-0.15, -0.1) is 10.2 Å². The van der Waals surface area contributed by atoms with Crippen molar-refractivity contribution >= 4 is 27.4 Å². The summed E-state index contributed by atoms with van der Waals surface area (Å²) in [6.07, 6.45) is 6.55. The maximum atomic E-state index is 6.21. The minimum absolute atomic E-state index is 0.174. The summed E-state index contributed by atoms with van der Waals surface area (Å²) in [6.45, 7) is 6.24. The van der Waals surface area contributed by atoms with Crippen molar-refractivity contribution in [2.45, 2.75) is 32.1 Å². The Morgan fingerprint density at radius 3 is 2.71 bits per heavy atom. The molecular formula is C26H27BrN6O2. The number of likely N-dealkylation sites (N-methyl/N-ethyl adjacent to an activating group) is 1. The summed E-state index contributed by atoms with van der Waals surface area (Å²) in [5, 5.41) is 8.82. The van der Waals surface area contributed by atoms with Crippen LogP contribution in [-0.4, -0.2) is 65.6 Å². The van der Waals surface area contributed by atoms with Crippen molar-refractivity contribution in [3.8, 4) is 22.9 Å². The highest BCUT2D eigenvalue weighted by Gasteiger charge is 2.48. The number of nitrogens with zero attached hydrogens (tertiary/aromatic N) is 6. The molecule has 9 rings (SSSR count). The van der Waals surface area contributed by atoms with E-state index >= 15 is 0 Å². The van der Waals surface area contributed by atoms with Crippen LogP contribution in [0.1, 0.15) is 19.8 Å². The lowest BCUT2D eigenvalue weighted by molar-refractivity contribution is 0.116. The molecule has 0 saturated carbocycles. The Morgan fingerprint density at radius 2 is 1.89 bits per heavy atom. The third kappa shape index (κ3) is 3.77. The van der Waals surface area contributed by atoms with Crippen molar-refractivity contribution in [3.63, 3.8) is 0 Å². The van der Waals surface area contributed by atoms with Gasteiger partial charge < -0.3 is 19.0 Å². The van der Waals surface area contributed by atoms with Crippen LogP contribution in [0.5, 0.6) is 0 Å². The maximum absolute atomic E-state index is 6.21. The third-order valence-corrected chi connectivity index (χ3v) is 8.28. The van der Waals surface area contributed by atoms with Gasteiger partial charge in [-0.2, -0.15) is 0 Å². The molecule has 180 valence electrons. The lowest BCUT2D eigenvalue weighted by Crippen LogP contribution is -2.45. The van der Waals surface area contributed by atoms with Crippen LogP contribution in [0.15, 0.2) is 57.2 Å². The summed E-state index contributed by atoms with van der Waals surface area (Å²) in [6, 6.07) is 10.2. The van der Waals surface area contributed by atoms with Gasteiger partial charge in [0.2, 0.25) is 11.8 Å². The zero-order valence-corrected chi connectivity index (χ0v) is 21.4. The number of anilines is 2. The number of benzene rings is 1. The SMILES string of the molecule is CN1CC2(C)CCN(CC2)c2cc(Br)ccc2-c2nnc(o2)-c2ccnc(c2)N2C=C(C2)C2OC21. The van der Waals surface area contributed by atoms with Crippen LogP contribution in [-0.2, 0) is 4.74 Å². The fourth-order valence-corrected chi connectivity index (χ4v) is 5.98. The van der Waals surface area contributed by atoms with Gasteiger partial charge in [0.15, 0.2) is 0 Å². The van der Waals surface area contributed by atoms with Gasteiger partial charge in [-0.25, -0.2) is 4.98 Å². The van der Waals surface area contributed by atoms with Crippen molar-refractivity contribution in [2.75, 3.05) is 43.0 Å². The van der Waals surface area contributed by atoms with Crippen LogP contribution < -0.4 is 9.80 Å². The number of fused-ring (bicyclic) bond motifs is 1. The summed E-state index contributed by atoms with van der Waals surface area (Å²) < 4.78 is 13.4. The molecular weight excluding hydrogens is 508 g/mol. The van der Waals surface area contributed by atoms with E-state index in [1.807, 2.05) is 18.2 Å². The van der Waals surface area contributed by atoms with Crippen molar-refractivity contribution < 1.29 is 9.15 Å². The zero-order valence-electron chi connectivity index (χ0n) is 19.8. The Bertz CT molecular complexity index is 1330. The summed E-state index contributed by atoms with van der Waals surface area (Å²) >= 11 is 3.66. The Balaban J connectivity index is 1.30. The molecule has 0 spiro atoms. The highest BCUT2D eigenvalue weighted by molar-refractivity contribution is 9.10.